The molecule has 110 valence electrons. The minimum Gasteiger partial charge on any atom is -1.00 e. The van der Waals surface area contributed by atoms with Crippen molar-refractivity contribution in [1.29, 1.82) is 0 Å². The maximum absolute atomic E-state index is 5.42. The Kier molecular flexibility index (Phi) is 10.1. The van der Waals surface area contributed by atoms with Gasteiger partial charge in [0.15, 0.2) is 0 Å². The highest BCUT2D eigenvalue weighted by atomic mass is 35.5. The van der Waals surface area contributed by atoms with E-state index in [1.807, 2.05) is 0 Å². The number of hydrazine groups is 2. The lowest BCUT2D eigenvalue weighted by Crippen LogP contribution is -3.00. The van der Waals surface area contributed by atoms with Gasteiger partial charge < -0.3 is 16.9 Å². The highest BCUT2D eigenvalue weighted by molar-refractivity contribution is 5.85. The maximum atomic E-state index is 5.42. The number of nitrogens with one attached hydrogen (secondary N) is 1. The first kappa shape index (κ1) is 20.3. The van der Waals surface area contributed by atoms with Crippen LogP contribution in [0.2, 0.25) is 0 Å². The van der Waals surface area contributed by atoms with Gasteiger partial charge >= 0.3 is 0 Å². The molecule has 1 saturated carbocycles. The van der Waals surface area contributed by atoms with E-state index in [2.05, 4.69) is 31.6 Å². The van der Waals surface area contributed by atoms with E-state index in [4.69, 9.17) is 5.84 Å². The van der Waals surface area contributed by atoms with Crippen LogP contribution in [0.3, 0.4) is 0 Å². The zero-order chi connectivity index (χ0) is 12.2. The zero-order valence-electron chi connectivity index (χ0n) is 11.8. The number of rotatable bonds is 4. The summed E-state index contributed by atoms with van der Waals surface area (Å²) in [5.74, 6) is 5.42. The molecule has 0 unspecified atom stereocenters. The first-order valence-corrected chi connectivity index (χ1v) is 5.97. The quantitative estimate of drug-likeness (QED) is 0.203. The van der Waals surface area contributed by atoms with E-state index in [1.165, 1.54) is 30.8 Å². The predicted octanol–water partition coefficient (Wildman–Crippen LogP) is -2.23. The maximum Gasteiger partial charge on any atom is 0.0982 e. The topological polar surface area (TPSA) is 53.6 Å². The summed E-state index contributed by atoms with van der Waals surface area (Å²) in [6.45, 7) is 0. The van der Waals surface area contributed by atoms with Crippen molar-refractivity contribution in [1.82, 2.24) is 10.5 Å². The average Bonchev–Trinajstić information content (AvgIpc) is 2.16. The number of quaternary nitrogens is 1. The molecule has 18 heavy (non-hydrogen) atoms. The Bertz CT molecular complexity index is 232. The van der Waals surface area contributed by atoms with Gasteiger partial charge in [0, 0.05) is 19.9 Å². The molecule has 0 aromatic rings. The Hall–Kier alpha value is -0.0700. The van der Waals surface area contributed by atoms with E-state index >= 15 is 0 Å². The van der Waals surface area contributed by atoms with Crippen LogP contribution in [0.4, 0.5) is 0 Å². The molecular weight excluding hydrogens is 273 g/mol. The van der Waals surface area contributed by atoms with Crippen LogP contribution >= 0.6 is 12.4 Å². The van der Waals surface area contributed by atoms with Gasteiger partial charge in [-0.05, 0) is 12.8 Å². The molecule has 1 fully saturated rings. The molecule has 0 saturated heterocycles. The van der Waals surface area contributed by atoms with Crippen molar-refractivity contribution in [3.63, 3.8) is 0 Å². The van der Waals surface area contributed by atoms with Crippen molar-refractivity contribution >= 4 is 18.7 Å². The molecule has 0 bridgehead atoms. The number of hydrogen-bond donors (Lipinski definition) is 2. The van der Waals surface area contributed by atoms with Crippen molar-refractivity contribution in [2.24, 2.45) is 10.8 Å². The molecule has 7 heteroatoms. The van der Waals surface area contributed by atoms with Crippen LogP contribution in [0.25, 0.3) is 0 Å². The summed E-state index contributed by atoms with van der Waals surface area (Å²) in [4.78, 5) is 4.48. The van der Waals surface area contributed by atoms with Gasteiger partial charge in [-0.2, -0.15) is 5.12 Å². The normalized spacial score (nSPS) is 24.6. The van der Waals surface area contributed by atoms with Crippen LogP contribution in [0, 0.1) is 0 Å². The second-order valence-corrected chi connectivity index (χ2v) is 5.60. The average molecular weight is 300 g/mol. The molecule has 0 spiro atoms. The fraction of sp³-hybridized carbons (Fsp3) is 0.909. The van der Waals surface area contributed by atoms with Crippen LogP contribution in [-0.4, -0.2) is 56.2 Å². The lowest BCUT2D eigenvalue weighted by Gasteiger charge is -2.38. The third-order valence-electron chi connectivity index (χ3n) is 3.31. The molecule has 1 rings (SSSR count). The molecule has 0 atom stereocenters. The summed E-state index contributed by atoms with van der Waals surface area (Å²) in [6, 6.07) is 1.26. The van der Waals surface area contributed by atoms with E-state index in [-0.39, 0.29) is 24.8 Å². The Morgan fingerprint density at radius 1 is 1.22 bits per heavy atom. The number of aliphatic imine (C=N–C) groups is 1. The predicted molar refractivity (Wildman–Crippen MR) is 74.9 cm³/mol. The fourth-order valence-corrected chi connectivity index (χ4v) is 2.21. The van der Waals surface area contributed by atoms with Gasteiger partial charge in [0.2, 0.25) is 0 Å². The zero-order valence-corrected chi connectivity index (χ0v) is 13.3. The summed E-state index contributed by atoms with van der Waals surface area (Å²) >= 11 is 0. The van der Waals surface area contributed by atoms with Crippen molar-refractivity contribution in [3.05, 3.63) is 0 Å². The van der Waals surface area contributed by atoms with Gasteiger partial charge in [-0.3, -0.25) is 16.3 Å². The summed E-state index contributed by atoms with van der Waals surface area (Å²) in [7, 11) is 8.58. The molecule has 1 aliphatic carbocycles. The van der Waals surface area contributed by atoms with Crippen LogP contribution in [-0.2, 0) is 0 Å². The van der Waals surface area contributed by atoms with E-state index in [0.29, 0.717) is 6.04 Å². The molecular formula is C11H27Cl2N5. The van der Waals surface area contributed by atoms with Gasteiger partial charge in [-0.1, -0.05) is 0 Å². The van der Waals surface area contributed by atoms with Crippen LogP contribution in [0.15, 0.2) is 4.99 Å². The van der Waals surface area contributed by atoms with E-state index in [9.17, 15) is 0 Å². The number of halogens is 2. The minimum atomic E-state index is 0. The fourth-order valence-electron chi connectivity index (χ4n) is 2.21. The Morgan fingerprint density at radius 3 is 2.11 bits per heavy atom. The first-order valence-electron chi connectivity index (χ1n) is 5.97. The third-order valence-corrected chi connectivity index (χ3v) is 3.31. The van der Waals surface area contributed by atoms with E-state index in [0.717, 1.165) is 10.5 Å². The third kappa shape index (κ3) is 7.38. The SMILES string of the molecule is CN(N)NC=NC1CCC([N+](C)(C)C)CC1.Cl.[Cl-]. The Balaban J connectivity index is 0. The van der Waals surface area contributed by atoms with Crippen LogP contribution in [0.1, 0.15) is 25.7 Å². The lowest BCUT2D eigenvalue weighted by molar-refractivity contribution is -0.897. The van der Waals surface area contributed by atoms with Crippen molar-refractivity contribution in [3.8, 4) is 0 Å². The molecule has 0 heterocycles. The van der Waals surface area contributed by atoms with Gasteiger partial charge in [-0.25, -0.2) is 0 Å². The summed E-state index contributed by atoms with van der Waals surface area (Å²) in [6.07, 6.45) is 6.62. The molecule has 0 amide bonds. The molecule has 1 aliphatic rings. The Labute approximate surface area is 123 Å². The monoisotopic (exact) mass is 299 g/mol. The summed E-state index contributed by atoms with van der Waals surface area (Å²) in [5, 5.41) is 1.40. The largest absolute Gasteiger partial charge is 1.00 e. The molecule has 0 aromatic carbocycles. The summed E-state index contributed by atoms with van der Waals surface area (Å²) in [5.41, 5.74) is 2.85. The van der Waals surface area contributed by atoms with Crippen LogP contribution in [0.5, 0.6) is 0 Å². The van der Waals surface area contributed by atoms with Crippen molar-refractivity contribution < 1.29 is 16.9 Å². The number of nitrogens with zero attached hydrogens (tertiary/aromatic N) is 3. The number of hydrogen-bond acceptors (Lipinski definition) is 3. The van der Waals surface area contributed by atoms with Gasteiger partial charge in [0.1, 0.15) is 0 Å². The highest BCUT2D eigenvalue weighted by Gasteiger charge is 2.29. The second-order valence-electron chi connectivity index (χ2n) is 5.60. The smallest absolute Gasteiger partial charge is 0.0982 e. The van der Waals surface area contributed by atoms with Crippen molar-refractivity contribution in [2.45, 2.75) is 37.8 Å². The lowest BCUT2D eigenvalue weighted by atomic mass is 9.90. The first-order chi connectivity index (χ1) is 7.39. The van der Waals surface area contributed by atoms with E-state index < -0.39 is 0 Å². The second kappa shape index (κ2) is 8.93. The van der Waals surface area contributed by atoms with Gasteiger partial charge in [0.05, 0.1) is 39.6 Å². The summed E-state index contributed by atoms with van der Waals surface area (Å²) < 4.78 is 1.07. The highest BCUT2D eigenvalue weighted by Crippen LogP contribution is 2.26. The molecule has 5 nitrogen and oxygen atoms in total. The minimum absolute atomic E-state index is 0. The van der Waals surface area contributed by atoms with Crippen molar-refractivity contribution in [2.75, 3.05) is 28.2 Å². The standard InChI is InChI=1S/C11H26N5.2ClH/c1-15(12)14-9-13-10-5-7-11(8-6-10)16(2,3)4;;/h9-11H,5-8,12H2,1-4H3,(H,13,14);2*1H/q+1;;/p-1. The number of nitrogens with two attached hydrogens (primary N) is 1. The van der Waals surface area contributed by atoms with Crippen LogP contribution < -0.4 is 23.7 Å². The molecule has 0 radical (unpaired) electrons. The molecule has 0 aliphatic heterocycles. The van der Waals surface area contributed by atoms with Gasteiger partial charge in [-0.15, -0.1) is 12.4 Å². The molecule has 0 aromatic heterocycles. The van der Waals surface area contributed by atoms with Gasteiger partial charge in [0.25, 0.3) is 0 Å². The molecule has 3 N–H and O–H groups in total. The van der Waals surface area contributed by atoms with E-state index in [1.54, 1.807) is 13.4 Å². The Morgan fingerprint density at radius 2 is 1.72 bits per heavy atom.